The minimum atomic E-state index is 0.413. The van der Waals surface area contributed by atoms with Crippen molar-refractivity contribution in [1.82, 2.24) is 14.7 Å². The van der Waals surface area contributed by atoms with Crippen molar-refractivity contribution >= 4 is 0 Å². The van der Waals surface area contributed by atoms with E-state index in [1.165, 1.54) is 58.4 Å². The van der Waals surface area contributed by atoms with Crippen molar-refractivity contribution in [3.63, 3.8) is 0 Å². The first-order valence-corrected chi connectivity index (χ1v) is 10.2. The van der Waals surface area contributed by atoms with Gasteiger partial charge in [-0.15, -0.1) is 0 Å². The topological polar surface area (TPSA) is 28.2 Å². The van der Waals surface area contributed by atoms with Crippen LogP contribution in [0.15, 0.2) is 0 Å². The van der Waals surface area contributed by atoms with Crippen molar-refractivity contribution in [2.45, 2.75) is 38.7 Å². The van der Waals surface area contributed by atoms with Crippen LogP contribution >= 0.6 is 0 Å². The molecule has 0 spiro atoms. The Bertz CT molecular complexity index is 342. The summed E-state index contributed by atoms with van der Waals surface area (Å²) in [6.45, 7) is 15.8. The maximum atomic E-state index is 5.63. The zero-order valence-electron chi connectivity index (χ0n) is 15.6. The molecule has 5 nitrogen and oxygen atoms in total. The first-order chi connectivity index (χ1) is 11.8. The highest BCUT2D eigenvalue weighted by molar-refractivity contribution is 4.75. The number of rotatable bonds is 7. The summed E-state index contributed by atoms with van der Waals surface area (Å²) in [5.41, 5.74) is 0. The lowest BCUT2D eigenvalue weighted by Gasteiger charge is -2.36. The summed E-state index contributed by atoms with van der Waals surface area (Å²) in [5.74, 6) is 0.964. The van der Waals surface area contributed by atoms with Crippen LogP contribution in [0.5, 0.6) is 0 Å². The van der Waals surface area contributed by atoms with Crippen LogP contribution in [0.2, 0.25) is 0 Å². The van der Waals surface area contributed by atoms with E-state index >= 15 is 0 Å². The first-order valence-electron chi connectivity index (χ1n) is 10.2. The van der Waals surface area contributed by atoms with Crippen molar-refractivity contribution in [1.29, 1.82) is 0 Å². The second-order valence-corrected chi connectivity index (χ2v) is 7.86. The molecule has 1 atom stereocenters. The molecule has 140 valence electrons. The molecule has 0 aromatic rings. The van der Waals surface area contributed by atoms with Gasteiger partial charge in [0.25, 0.3) is 0 Å². The fourth-order valence-corrected chi connectivity index (χ4v) is 4.30. The second kappa shape index (κ2) is 10.1. The van der Waals surface area contributed by atoms with Gasteiger partial charge < -0.3 is 14.4 Å². The van der Waals surface area contributed by atoms with E-state index < -0.39 is 0 Å². The van der Waals surface area contributed by atoms with Crippen LogP contribution in [-0.4, -0.2) is 99.5 Å². The van der Waals surface area contributed by atoms with Gasteiger partial charge in [0, 0.05) is 39.3 Å². The predicted octanol–water partition coefficient (Wildman–Crippen LogP) is 1.53. The van der Waals surface area contributed by atoms with Crippen LogP contribution < -0.4 is 0 Å². The third-order valence-corrected chi connectivity index (χ3v) is 5.96. The quantitative estimate of drug-likeness (QED) is 0.701. The molecule has 0 radical (unpaired) electrons. The normalized spacial score (nSPS) is 29.1. The molecular weight excluding hydrogens is 302 g/mol. The highest BCUT2D eigenvalue weighted by Crippen LogP contribution is 2.22. The van der Waals surface area contributed by atoms with Gasteiger partial charge in [0.1, 0.15) is 0 Å². The number of piperidine rings is 1. The minimum Gasteiger partial charge on any atom is -0.379 e. The minimum absolute atomic E-state index is 0.413. The summed E-state index contributed by atoms with van der Waals surface area (Å²) in [4.78, 5) is 7.82. The molecule has 0 aliphatic carbocycles. The highest BCUT2D eigenvalue weighted by atomic mass is 16.5. The van der Waals surface area contributed by atoms with Crippen molar-refractivity contribution in [3.05, 3.63) is 0 Å². The molecule has 0 aromatic carbocycles. The van der Waals surface area contributed by atoms with E-state index in [9.17, 15) is 0 Å². The average Bonchev–Trinajstić information content (AvgIpc) is 2.62. The van der Waals surface area contributed by atoms with Crippen LogP contribution in [0.4, 0.5) is 0 Å². The molecule has 5 heteroatoms. The maximum absolute atomic E-state index is 5.63. The van der Waals surface area contributed by atoms with Gasteiger partial charge in [-0.2, -0.15) is 0 Å². The smallest absolute Gasteiger partial charge is 0.0674 e. The summed E-state index contributed by atoms with van der Waals surface area (Å²) in [6.07, 6.45) is 6.02. The average molecular weight is 340 g/mol. The molecule has 0 bridgehead atoms. The van der Waals surface area contributed by atoms with Crippen LogP contribution in [0.3, 0.4) is 0 Å². The standard InChI is InChI=1S/C19H37N3O2/c1-18-17-22(13-16-24-18)10-9-21-7-4-19(5-8-21)3-2-6-20-11-14-23-15-12-20/h18-19H,2-17H2,1H3/t18-/m1/s1. The maximum Gasteiger partial charge on any atom is 0.0674 e. The number of morpholine rings is 2. The van der Waals surface area contributed by atoms with Crippen LogP contribution in [-0.2, 0) is 9.47 Å². The second-order valence-electron chi connectivity index (χ2n) is 7.86. The molecule has 3 aliphatic heterocycles. The number of likely N-dealkylation sites (tertiary alicyclic amines) is 1. The fourth-order valence-electron chi connectivity index (χ4n) is 4.30. The van der Waals surface area contributed by atoms with Crippen LogP contribution in [0.1, 0.15) is 32.6 Å². The van der Waals surface area contributed by atoms with E-state index in [-0.39, 0.29) is 0 Å². The lowest BCUT2D eigenvalue weighted by Crippen LogP contribution is -2.45. The molecule has 3 rings (SSSR count). The number of ether oxygens (including phenoxy) is 2. The Hall–Kier alpha value is -0.200. The van der Waals surface area contributed by atoms with Gasteiger partial charge in [0.05, 0.1) is 25.9 Å². The van der Waals surface area contributed by atoms with Gasteiger partial charge >= 0.3 is 0 Å². The Morgan fingerprint density at radius 2 is 1.46 bits per heavy atom. The van der Waals surface area contributed by atoms with Crippen molar-refractivity contribution in [3.8, 4) is 0 Å². The van der Waals surface area contributed by atoms with Crippen LogP contribution in [0, 0.1) is 5.92 Å². The van der Waals surface area contributed by atoms with E-state index in [2.05, 4.69) is 21.6 Å². The van der Waals surface area contributed by atoms with Crippen molar-refractivity contribution < 1.29 is 9.47 Å². The lowest BCUT2D eigenvalue weighted by molar-refractivity contribution is -0.0214. The van der Waals surface area contributed by atoms with Gasteiger partial charge in [-0.1, -0.05) is 0 Å². The molecule has 3 heterocycles. The lowest BCUT2D eigenvalue weighted by atomic mass is 9.92. The van der Waals surface area contributed by atoms with Crippen LogP contribution in [0.25, 0.3) is 0 Å². The first kappa shape index (κ1) is 18.6. The third kappa shape index (κ3) is 6.26. The Kier molecular flexibility index (Phi) is 7.80. The Balaban J connectivity index is 1.23. The zero-order valence-corrected chi connectivity index (χ0v) is 15.6. The summed E-state index contributed by atoms with van der Waals surface area (Å²) in [6, 6.07) is 0. The largest absolute Gasteiger partial charge is 0.379 e. The molecular formula is C19H37N3O2. The zero-order chi connectivity index (χ0) is 16.6. The molecule has 0 amide bonds. The van der Waals surface area contributed by atoms with Gasteiger partial charge in [-0.25, -0.2) is 0 Å². The van der Waals surface area contributed by atoms with E-state index in [0.717, 1.165) is 51.9 Å². The van der Waals surface area contributed by atoms with Gasteiger partial charge in [-0.3, -0.25) is 9.80 Å². The molecule has 24 heavy (non-hydrogen) atoms. The van der Waals surface area contributed by atoms with Crippen molar-refractivity contribution in [2.75, 3.05) is 78.7 Å². The summed E-state index contributed by atoms with van der Waals surface area (Å²) < 4.78 is 11.1. The summed E-state index contributed by atoms with van der Waals surface area (Å²) in [7, 11) is 0. The Morgan fingerprint density at radius 1 is 0.792 bits per heavy atom. The molecule has 0 N–H and O–H groups in total. The SMILES string of the molecule is C[C@@H]1CN(CCN2CCC(CCCN3CCOCC3)CC2)CCO1. The van der Waals surface area contributed by atoms with Gasteiger partial charge in [-0.05, 0) is 58.2 Å². The Morgan fingerprint density at radius 3 is 2.21 bits per heavy atom. The number of hydrogen-bond acceptors (Lipinski definition) is 5. The van der Waals surface area contributed by atoms with E-state index in [0.29, 0.717) is 6.10 Å². The highest BCUT2D eigenvalue weighted by Gasteiger charge is 2.21. The molecule has 3 saturated heterocycles. The molecule has 0 aromatic heterocycles. The monoisotopic (exact) mass is 339 g/mol. The number of nitrogens with zero attached hydrogens (tertiary/aromatic N) is 3. The van der Waals surface area contributed by atoms with E-state index in [1.807, 2.05) is 0 Å². The third-order valence-electron chi connectivity index (χ3n) is 5.96. The van der Waals surface area contributed by atoms with Gasteiger partial charge in [0.15, 0.2) is 0 Å². The van der Waals surface area contributed by atoms with Gasteiger partial charge in [0.2, 0.25) is 0 Å². The fraction of sp³-hybridized carbons (Fsp3) is 1.00. The summed E-state index contributed by atoms with van der Waals surface area (Å²) >= 11 is 0. The Labute approximate surface area is 148 Å². The molecule has 0 saturated carbocycles. The van der Waals surface area contributed by atoms with E-state index in [1.54, 1.807) is 0 Å². The van der Waals surface area contributed by atoms with E-state index in [4.69, 9.17) is 9.47 Å². The molecule has 0 unspecified atom stereocenters. The molecule has 3 aliphatic rings. The molecule has 3 fully saturated rings. The van der Waals surface area contributed by atoms with Crippen molar-refractivity contribution in [2.24, 2.45) is 5.92 Å². The predicted molar refractivity (Wildman–Crippen MR) is 97.5 cm³/mol. The number of hydrogen-bond donors (Lipinski definition) is 0. The summed E-state index contributed by atoms with van der Waals surface area (Å²) in [5, 5.41) is 0.